The van der Waals surface area contributed by atoms with Crippen LogP contribution in [0.1, 0.15) is 31.4 Å². The van der Waals surface area contributed by atoms with E-state index < -0.39 is 0 Å². The lowest BCUT2D eigenvalue weighted by atomic mass is 9.94. The highest BCUT2D eigenvalue weighted by atomic mass is 79.9. The molecule has 0 bridgehead atoms. The first-order valence-electron chi connectivity index (χ1n) is 7.59. The quantitative estimate of drug-likeness (QED) is 0.813. The first kappa shape index (κ1) is 19.4. The number of nitrogens with one attached hydrogen (secondary N) is 1. The summed E-state index contributed by atoms with van der Waals surface area (Å²) in [6, 6.07) is 8.73. The van der Waals surface area contributed by atoms with Gasteiger partial charge in [0.25, 0.3) is 0 Å². The van der Waals surface area contributed by atoms with E-state index in [-0.39, 0.29) is 24.2 Å². The zero-order valence-corrected chi connectivity index (χ0v) is 15.3. The predicted molar refractivity (Wildman–Crippen MR) is 96.2 cm³/mol. The fourth-order valence-electron chi connectivity index (χ4n) is 2.89. The van der Waals surface area contributed by atoms with Gasteiger partial charge in [-0.2, -0.15) is 0 Å². The number of nitrogens with zero attached hydrogens (tertiary/aromatic N) is 1. The van der Waals surface area contributed by atoms with Crippen LogP contribution in [0, 0.1) is 5.92 Å². The van der Waals surface area contributed by atoms with Crippen LogP contribution in [-0.2, 0) is 4.79 Å². The van der Waals surface area contributed by atoms with Crippen LogP contribution in [0.15, 0.2) is 28.7 Å². The van der Waals surface area contributed by atoms with Gasteiger partial charge in [-0.25, -0.2) is 0 Å². The summed E-state index contributed by atoms with van der Waals surface area (Å²) in [5.41, 5.74) is 6.73. The van der Waals surface area contributed by atoms with Crippen LogP contribution < -0.4 is 11.1 Å². The first-order valence-corrected chi connectivity index (χ1v) is 8.38. The summed E-state index contributed by atoms with van der Waals surface area (Å²) >= 11 is 3.52. The molecule has 2 rings (SSSR count). The van der Waals surface area contributed by atoms with Gasteiger partial charge < -0.3 is 11.1 Å². The highest BCUT2D eigenvalue weighted by Gasteiger charge is 2.28. The number of carbonyl (C=O) groups excluding carboxylic acids is 1. The number of amides is 1. The number of benzene rings is 1. The van der Waals surface area contributed by atoms with Gasteiger partial charge in [-0.15, -0.1) is 12.4 Å². The molecular weight excluding hydrogens is 366 g/mol. The van der Waals surface area contributed by atoms with Crippen molar-refractivity contribution in [2.24, 2.45) is 11.7 Å². The van der Waals surface area contributed by atoms with Gasteiger partial charge >= 0.3 is 0 Å². The number of carbonyl (C=O) groups is 1. The smallest absolute Gasteiger partial charge is 0.224 e. The van der Waals surface area contributed by atoms with Crippen molar-refractivity contribution in [2.75, 3.05) is 26.2 Å². The fraction of sp³-hybridized carbons (Fsp3) is 0.562. The molecule has 22 heavy (non-hydrogen) atoms. The summed E-state index contributed by atoms with van der Waals surface area (Å²) in [6.45, 7) is 5.15. The number of likely N-dealkylation sites (tertiary alicyclic amines) is 1. The summed E-state index contributed by atoms with van der Waals surface area (Å²) in [4.78, 5) is 14.5. The second-order valence-electron chi connectivity index (χ2n) is 5.64. The van der Waals surface area contributed by atoms with Crippen LogP contribution in [-0.4, -0.2) is 37.0 Å². The molecule has 1 fully saturated rings. The third-order valence-electron chi connectivity index (χ3n) is 4.15. The molecule has 1 aliphatic heterocycles. The van der Waals surface area contributed by atoms with E-state index in [1.165, 1.54) is 5.56 Å². The van der Waals surface area contributed by atoms with Crippen LogP contribution in [0.25, 0.3) is 0 Å². The Kier molecular flexibility index (Phi) is 8.39. The van der Waals surface area contributed by atoms with Gasteiger partial charge in [0, 0.05) is 30.1 Å². The second-order valence-corrected chi connectivity index (χ2v) is 6.56. The lowest BCUT2D eigenvalue weighted by molar-refractivity contribution is -0.126. The molecule has 1 amide bonds. The third-order valence-corrected chi connectivity index (χ3v) is 4.64. The molecule has 6 heteroatoms. The number of rotatable bonds is 5. The number of halogens is 2. The van der Waals surface area contributed by atoms with Gasteiger partial charge in [0.05, 0.1) is 5.92 Å². The van der Waals surface area contributed by atoms with Crippen LogP contribution in [0.2, 0.25) is 0 Å². The minimum atomic E-state index is 0. The van der Waals surface area contributed by atoms with E-state index in [0.29, 0.717) is 19.1 Å². The highest BCUT2D eigenvalue weighted by Crippen LogP contribution is 2.28. The third kappa shape index (κ3) is 5.23. The monoisotopic (exact) mass is 389 g/mol. The molecule has 0 radical (unpaired) electrons. The van der Waals surface area contributed by atoms with Crippen molar-refractivity contribution in [1.82, 2.24) is 10.2 Å². The molecule has 0 aliphatic carbocycles. The molecule has 0 aromatic heterocycles. The van der Waals surface area contributed by atoms with Crippen molar-refractivity contribution in [1.29, 1.82) is 0 Å². The summed E-state index contributed by atoms with van der Waals surface area (Å²) in [6.07, 6.45) is 2.04. The highest BCUT2D eigenvalue weighted by molar-refractivity contribution is 9.10. The normalized spacial score (nSPS) is 20.0. The van der Waals surface area contributed by atoms with E-state index in [2.05, 4.69) is 51.3 Å². The number of hydrogen-bond acceptors (Lipinski definition) is 3. The summed E-state index contributed by atoms with van der Waals surface area (Å²) in [5.74, 6) is 0.228. The molecule has 0 saturated carbocycles. The van der Waals surface area contributed by atoms with Crippen LogP contribution in [0.5, 0.6) is 0 Å². The molecule has 1 heterocycles. The SMILES string of the molecule is CC(c1cccc(Br)c1)N1CCCC(C(=O)NCCN)C1.Cl. The Labute approximate surface area is 147 Å². The van der Waals surface area contributed by atoms with Crippen molar-refractivity contribution < 1.29 is 4.79 Å². The van der Waals surface area contributed by atoms with Crippen molar-refractivity contribution in [3.05, 3.63) is 34.3 Å². The van der Waals surface area contributed by atoms with Crippen LogP contribution in [0.4, 0.5) is 0 Å². The average Bonchev–Trinajstić information content (AvgIpc) is 2.52. The molecule has 2 atom stereocenters. The average molecular weight is 391 g/mol. The van der Waals surface area contributed by atoms with Crippen LogP contribution >= 0.6 is 28.3 Å². The minimum absolute atomic E-state index is 0. The van der Waals surface area contributed by atoms with E-state index >= 15 is 0 Å². The van der Waals surface area contributed by atoms with E-state index in [1.54, 1.807) is 0 Å². The fourth-order valence-corrected chi connectivity index (χ4v) is 3.31. The Balaban J connectivity index is 0.00000242. The Morgan fingerprint density at radius 3 is 3.00 bits per heavy atom. The topological polar surface area (TPSA) is 58.4 Å². The van der Waals surface area contributed by atoms with E-state index in [1.807, 2.05) is 6.07 Å². The molecule has 124 valence electrons. The molecule has 3 N–H and O–H groups in total. The van der Waals surface area contributed by atoms with Gasteiger partial charge in [0.15, 0.2) is 0 Å². The van der Waals surface area contributed by atoms with Gasteiger partial charge in [-0.3, -0.25) is 9.69 Å². The summed E-state index contributed by atoms with van der Waals surface area (Å²) in [5, 5.41) is 2.91. The Bertz CT molecular complexity index is 486. The van der Waals surface area contributed by atoms with E-state index in [0.717, 1.165) is 30.4 Å². The lowest BCUT2D eigenvalue weighted by Gasteiger charge is -2.36. The predicted octanol–water partition coefficient (Wildman–Crippen LogP) is 2.72. The molecule has 4 nitrogen and oxygen atoms in total. The van der Waals surface area contributed by atoms with Gasteiger partial charge in [-0.05, 0) is 44.0 Å². The number of piperidine rings is 1. The Morgan fingerprint density at radius 2 is 2.32 bits per heavy atom. The number of nitrogens with two attached hydrogens (primary N) is 1. The summed E-state index contributed by atoms with van der Waals surface area (Å²) < 4.78 is 1.10. The van der Waals surface area contributed by atoms with Crippen molar-refractivity contribution in [3.63, 3.8) is 0 Å². The Morgan fingerprint density at radius 1 is 1.55 bits per heavy atom. The largest absolute Gasteiger partial charge is 0.355 e. The standard InChI is InChI=1S/C16H24BrN3O.ClH/c1-12(13-4-2-6-15(17)10-13)20-9-3-5-14(11-20)16(21)19-8-7-18;/h2,4,6,10,12,14H,3,5,7-9,11,18H2,1H3,(H,19,21);1H. The van der Waals surface area contributed by atoms with Gasteiger partial charge in [0.1, 0.15) is 0 Å². The van der Waals surface area contributed by atoms with Crippen molar-refractivity contribution in [2.45, 2.75) is 25.8 Å². The molecule has 1 aromatic carbocycles. The van der Waals surface area contributed by atoms with Crippen LogP contribution in [0.3, 0.4) is 0 Å². The van der Waals surface area contributed by atoms with Gasteiger partial charge in [0.2, 0.25) is 5.91 Å². The molecule has 1 saturated heterocycles. The zero-order chi connectivity index (χ0) is 15.2. The van der Waals surface area contributed by atoms with E-state index in [4.69, 9.17) is 5.73 Å². The number of hydrogen-bond donors (Lipinski definition) is 2. The summed E-state index contributed by atoms with van der Waals surface area (Å²) in [7, 11) is 0. The molecule has 2 unspecified atom stereocenters. The molecule has 1 aromatic rings. The maximum atomic E-state index is 12.1. The zero-order valence-electron chi connectivity index (χ0n) is 12.9. The molecule has 1 aliphatic rings. The van der Waals surface area contributed by atoms with Crippen molar-refractivity contribution in [3.8, 4) is 0 Å². The second kappa shape index (κ2) is 9.50. The maximum Gasteiger partial charge on any atom is 0.224 e. The minimum Gasteiger partial charge on any atom is -0.355 e. The maximum absolute atomic E-state index is 12.1. The van der Waals surface area contributed by atoms with Gasteiger partial charge in [-0.1, -0.05) is 28.1 Å². The Hall–Kier alpha value is -0.620. The lowest BCUT2D eigenvalue weighted by Crippen LogP contribution is -2.44. The first-order chi connectivity index (χ1) is 10.1. The molecular formula is C16H25BrClN3O. The van der Waals surface area contributed by atoms with E-state index in [9.17, 15) is 4.79 Å². The van der Waals surface area contributed by atoms with Crippen molar-refractivity contribution >= 4 is 34.2 Å². The molecule has 0 spiro atoms.